The normalized spacial score (nSPS) is 10.9. The van der Waals surface area contributed by atoms with E-state index in [2.05, 4.69) is 27.0 Å². The van der Waals surface area contributed by atoms with Crippen molar-refractivity contribution < 1.29 is 18.0 Å². The number of nitrogens with zero attached hydrogens (tertiary/aromatic N) is 1. The van der Waals surface area contributed by atoms with Crippen molar-refractivity contribution in [3.05, 3.63) is 64.5 Å². The number of carbonyl (C=O) groups excluding carboxylic acids is 1. The van der Waals surface area contributed by atoms with Crippen LogP contribution in [0.4, 0.5) is 18.9 Å². The lowest BCUT2D eigenvalue weighted by molar-refractivity contribution is -0.115. The first-order valence-corrected chi connectivity index (χ1v) is 8.25. The zero-order valence-corrected chi connectivity index (χ0v) is 18.0. The van der Waals surface area contributed by atoms with Gasteiger partial charge in [-0.25, -0.2) is 13.2 Å². The second kappa shape index (κ2) is 10.9. The molecular weight excluding hydrogens is 484 g/mol. The van der Waals surface area contributed by atoms with Crippen molar-refractivity contribution in [1.82, 2.24) is 10.6 Å². The molecule has 2 aromatic carbocycles. The van der Waals surface area contributed by atoms with Crippen LogP contribution in [0.15, 0.2) is 35.3 Å². The van der Waals surface area contributed by atoms with Gasteiger partial charge in [0, 0.05) is 13.6 Å². The SMILES string of the molecule is CN=C(NCC(=O)Nc1ccc(F)c(F)c1F)NCc1ccc(C)cc1C.I. The van der Waals surface area contributed by atoms with Gasteiger partial charge in [0.25, 0.3) is 0 Å². The van der Waals surface area contributed by atoms with E-state index in [1.807, 2.05) is 26.0 Å². The molecule has 0 bridgehead atoms. The minimum absolute atomic E-state index is 0. The summed E-state index contributed by atoms with van der Waals surface area (Å²) in [6, 6.07) is 7.77. The number of aryl methyl sites for hydroxylation is 2. The second-order valence-corrected chi connectivity index (χ2v) is 5.98. The molecule has 152 valence electrons. The lowest BCUT2D eigenvalue weighted by Gasteiger charge is -2.14. The molecule has 2 aromatic rings. The Morgan fingerprint density at radius 1 is 1.04 bits per heavy atom. The summed E-state index contributed by atoms with van der Waals surface area (Å²) in [7, 11) is 1.55. The second-order valence-electron chi connectivity index (χ2n) is 5.98. The summed E-state index contributed by atoms with van der Waals surface area (Å²) >= 11 is 0. The van der Waals surface area contributed by atoms with Crippen LogP contribution in [0.1, 0.15) is 16.7 Å². The van der Waals surface area contributed by atoms with Crippen molar-refractivity contribution in [2.75, 3.05) is 18.9 Å². The Morgan fingerprint density at radius 2 is 1.75 bits per heavy atom. The number of hydrogen-bond acceptors (Lipinski definition) is 2. The lowest BCUT2D eigenvalue weighted by atomic mass is 10.1. The van der Waals surface area contributed by atoms with Crippen molar-refractivity contribution in [2.24, 2.45) is 4.99 Å². The van der Waals surface area contributed by atoms with E-state index in [0.717, 1.165) is 23.3 Å². The predicted octanol–water partition coefficient (Wildman–Crippen LogP) is 3.64. The molecule has 0 aliphatic carbocycles. The Hall–Kier alpha value is -2.30. The number of nitrogens with one attached hydrogen (secondary N) is 3. The molecule has 5 nitrogen and oxygen atoms in total. The van der Waals surface area contributed by atoms with Crippen LogP contribution >= 0.6 is 24.0 Å². The summed E-state index contributed by atoms with van der Waals surface area (Å²) in [5.41, 5.74) is 2.94. The van der Waals surface area contributed by atoms with E-state index in [-0.39, 0.29) is 30.5 Å². The van der Waals surface area contributed by atoms with E-state index >= 15 is 0 Å². The highest BCUT2D eigenvalue weighted by Crippen LogP contribution is 2.19. The smallest absolute Gasteiger partial charge is 0.243 e. The highest BCUT2D eigenvalue weighted by molar-refractivity contribution is 14.0. The van der Waals surface area contributed by atoms with Crippen LogP contribution in [0.2, 0.25) is 0 Å². The van der Waals surface area contributed by atoms with E-state index in [0.29, 0.717) is 12.5 Å². The summed E-state index contributed by atoms with van der Waals surface area (Å²) < 4.78 is 39.7. The van der Waals surface area contributed by atoms with Crippen LogP contribution < -0.4 is 16.0 Å². The Balaban J connectivity index is 0.00000392. The molecule has 1 amide bonds. The minimum Gasteiger partial charge on any atom is -0.352 e. The fourth-order valence-electron chi connectivity index (χ4n) is 2.42. The average Bonchev–Trinajstić information content (AvgIpc) is 2.63. The summed E-state index contributed by atoms with van der Waals surface area (Å²) in [6.07, 6.45) is 0. The number of halogens is 4. The maximum atomic E-state index is 13.6. The van der Waals surface area contributed by atoms with Gasteiger partial charge in [0.05, 0.1) is 12.2 Å². The third-order valence-electron chi connectivity index (χ3n) is 3.89. The van der Waals surface area contributed by atoms with E-state index in [4.69, 9.17) is 0 Å². The van der Waals surface area contributed by atoms with Crippen molar-refractivity contribution in [2.45, 2.75) is 20.4 Å². The maximum absolute atomic E-state index is 13.6. The molecule has 2 rings (SSSR count). The maximum Gasteiger partial charge on any atom is 0.243 e. The molecule has 9 heteroatoms. The number of amides is 1. The van der Waals surface area contributed by atoms with Gasteiger partial charge in [-0.05, 0) is 37.1 Å². The molecule has 0 saturated heterocycles. The molecular formula is C19H22F3IN4O. The largest absolute Gasteiger partial charge is 0.352 e. The molecule has 0 spiro atoms. The van der Waals surface area contributed by atoms with Gasteiger partial charge in [0.15, 0.2) is 23.4 Å². The van der Waals surface area contributed by atoms with E-state index < -0.39 is 29.0 Å². The van der Waals surface area contributed by atoms with Crippen molar-refractivity contribution >= 4 is 41.5 Å². The predicted molar refractivity (Wildman–Crippen MR) is 114 cm³/mol. The monoisotopic (exact) mass is 506 g/mol. The number of aliphatic imine (C=N–C) groups is 1. The zero-order chi connectivity index (χ0) is 20.0. The van der Waals surface area contributed by atoms with Gasteiger partial charge in [-0.2, -0.15) is 0 Å². The third kappa shape index (κ3) is 6.39. The summed E-state index contributed by atoms with van der Waals surface area (Å²) in [6.45, 7) is 4.29. The van der Waals surface area contributed by atoms with Gasteiger partial charge in [0.2, 0.25) is 5.91 Å². The summed E-state index contributed by atoms with van der Waals surface area (Å²) in [5.74, 6) is -4.66. The van der Waals surface area contributed by atoms with Crippen molar-refractivity contribution in [1.29, 1.82) is 0 Å². The first-order chi connectivity index (χ1) is 12.8. The minimum atomic E-state index is -1.63. The number of hydrogen-bond donors (Lipinski definition) is 3. The quantitative estimate of drug-likeness (QED) is 0.251. The van der Waals surface area contributed by atoms with E-state index in [9.17, 15) is 18.0 Å². The fraction of sp³-hybridized carbons (Fsp3) is 0.263. The van der Waals surface area contributed by atoms with Crippen molar-refractivity contribution in [3.63, 3.8) is 0 Å². The van der Waals surface area contributed by atoms with Crippen molar-refractivity contribution in [3.8, 4) is 0 Å². The average molecular weight is 506 g/mol. The number of benzene rings is 2. The summed E-state index contributed by atoms with van der Waals surface area (Å²) in [4.78, 5) is 15.9. The molecule has 0 aliphatic heterocycles. The molecule has 0 radical (unpaired) electrons. The van der Waals surface area contributed by atoms with Crippen LogP contribution in [0, 0.1) is 31.3 Å². The van der Waals surface area contributed by atoms with Crippen LogP contribution in [0.25, 0.3) is 0 Å². The van der Waals surface area contributed by atoms with Gasteiger partial charge in [-0.1, -0.05) is 23.8 Å². The molecule has 0 heterocycles. The number of anilines is 1. The third-order valence-corrected chi connectivity index (χ3v) is 3.89. The number of rotatable bonds is 5. The molecule has 28 heavy (non-hydrogen) atoms. The van der Waals surface area contributed by atoms with Crippen LogP contribution in [-0.4, -0.2) is 25.5 Å². The van der Waals surface area contributed by atoms with Gasteiger partial charge in [-0.3, -0.25) is 9.79 Å². The molecule has 0 saturated carbocycles. The molecule has 0 atom stereocenters. The number of guanidine groups is 1. The molecule has 0 unspecified atom stereocenters. The van der Waals surface area contributed by atoms with Gasteiger partial charge in [0.1, 0.15) is 0 Å². The Bertz CT molecular complexity index is 874. The first kappa shape index (κ1) is 23.7. The van der Waals surface area contributed by atoms with Crippen LogP contribution in [-0.2, 0) is 11.3 Å². The molecule has 3 N–H and O–H groups in total. The Labute approximate surface area is 178 Å². The fourth-order valence-corrected chi connectivity index (χ4v) is 2.42. The lowest BCUT2D eigenvalue weighted by Crippen LogP contribution is -2.41. The van der Waals surface area contributed by atoms with Crippen LogP contribution in [0.3, 0.4) is 0 Å². The Morgan fingerprint density at radius 3 is 2.39 bits per heavy atom. The van der Waals surface area contributed by atoms with E-state index in [1.54, 1.807) is 7.05 Å². The number of carbonyl (C=O) groups is 1. The molecule has 0 aromatic heterocycles. The van der Waals surface area contributed by atoms with Crippen LogP contribution in [0.5, 0.6) is 0 Å². The molecule has 0 aliphatic rings. The highest BCUT2D eigenvalue weighted by atomic mass is 127. The summed E-state index contributed by atoms with van der Waals surface area (Å²) in [5, 5.41) is 8.02. The van der Waals surface area contributed by atoms with Gasteiger partial charge >= 0.3 is 0 Å². The highest BCUT2D eigenvalue weighted by Gasteiger charge is 2.15. The van der Waals surface area contributed by atoms with Gasteiger partial charge < -0.3 is 16.0 Å². The standard InChI is InChI=1S/C19H21F3N4O.HI/c1-11-4-5-13(12(2)8-11)9-24-19(23-3)25-10-16(27)26-15-7-6-14(20)17(21)18(15)22;/h4-8H,9-10H2,1-3H3,(H,26,27)(H2,23,24,25);1H. The molecule has 0 fully saturated rings. The zero-order valence-electron chi connectivity index (χ0n) is 15.7. The van der Waals surface area contributed by atoms with Gasteiger partial charge in [-0.15, -0.1) is 24.0 Å². The topological polar surface area (TPSA) is 65.5 Å². The van der Waals surface area contributed by atoms with E-state index in [1.165, 1.54) is 5.56 Å². The Kier molecular flexibility index (Phi) is 9.23. The first-order valence-electron chi connectivity index (χ1n) is 8.25.